The maximum absolute atomic E-state index is 12.5. The molecule has 0 saturated heterocycles. The van der Waals surface area contributed by atoms with Gasteiger partial charge in [-0.25, -0.2) is 12.7 Å². The van der Waals surface area contributed by atoms with Gasteiger partial charge >= 0.3 is 0 Å². The van der Waals surface area contributed by atoms with Crippen LogP contribution >= 0.6 is 0 Å². The van der Waals surface area contributed by atoms with Crippen LogP contribution in [0.1, 0.15) is 20.7 Å². The fourth-order valence-corrected chi connectivity index (χ4v) is 4.06. The molecule has 1 aliphatic rings. The monoisotopic (exact) mass is 385 g/mol. The predicted octanol–water partition coefficient (Wildman–Crippen LogP) is -0.557. The van der Waals surface area contributed by atoms with E-state index in [1.165, 1.54) is 25.3 Å². The maximum Gasteiger partial charge on any atom is 0.269 e. The van der Waals surface area contributed by atoms with Gasteiger partial charge < -0.3 is 20.1 Å². The summed E-state index contributed by atoms with van der Waals surface area (Å²) in [6.07, 6.45) is 0. The molecular weight excluding hydrogens is 362 g/mol. The highest BCUT2D eigenvalue weighted by atomic mass is 32.2. The van der Waals surface area contributed by atoms with Crippen LogP contribution in [0, 0.1) is 0 Å². The van der Waals surface area contributed by atoms with Crippen LogP contribution in [0.4, 0.5) is 0 Å². The Morgan fingerprint density at radius 1 is 1.12 bits per heavy atom. The first-order valence-electron chi connectivity index (χ1n) is 8.11. The second-order valence-corrected chi connectivity index (χ2v) is 7.42. The lowest BCUT2D eigenvalue weighted by Gasteiger charge is -2.13. The Bertz CT molecular complexity index is 765. The number of fused-ring (bicyclic) bond motifs is 1. The highest BCUT2D eigenvalue weighted by Crippen LogP contribution is 2.30. The Labute approximate surface area is 152 Å². The first-order valence-corrected chi connectivity index (χ1v) is 9.55. The number of nitrogens with zero attached hydrogens (tertiary/aromatic N) is 1. The van der Waals surface area contributed by atoms with Crippen molar-refractivity contribution < 1.29 is 27.5 Å². The number of benzene rings is 1. The molecule has 26 heavy (non-hydrogen) atoms. The smallest absolute Gasteiger partial charge is 0.269 e. The number of nitrogens with one attached hydrogen (secondary N) is 2. The number of hydrogen-bond acceptors (Lipinski definition) is 7. The Hall–Kier alpha value is -2.01. The molecule has 1 aromatic rings. The molecule has 0 aromatic heterocycles. The second-order valence-electron chi connectivity index (χ2n) is 5.58. The fourth-order valence-electron chi connectivity index (χ4n) is 2.48. The lowest BCUT2D eigenvalue weighted by molar-refractivity contribution is 0.0835. The van der Waals surface area contributed by atoms with Crippen molar-refractivity contribution in [1.29, 1.82) is 0 Å². The van der Waals surface area contributed by atoms with Gasteiger partial charge in [0.25, 0.3) is 21.8 Å². The van der Waals surface area contributed by atoms with Gasteiger partial charge in [0.15, 0.2) is 0 Å². The van der Waals surface area contributed by atoms with Gasteiger partial charge in [-0.1, -0.05) is 0 Å². The Balaban J connectivity index is 2.05. The summed E-state index contributed by atoms with van der Waals surface area (Å²) in [6, 6.07) is 4.05. The van der Waals surface area contributed by atoms with Crippen molar-refractivity contribution in [3.63, 3.8) is 0 Å². The minimum absolute atomic E-state index is 0.0684. The number of hydrogen-bond donors (Lipinski definition) is 2. The first-order chi connectivity index (χ1) is 12.4. The van der Waals surface area contributed by atoms with Crippen LogP contribution in [0.2, 0.25) is 0 Å². The third-order valence-electron chi connectivity index (χ3n) is 3.84. The SMILES string of the molecule is COCCNCCNC(=O)c1ccc2c(c1)S(=O)(=O)N(CCOC)C2=O. The van der Waals surface area contributed by atoms with E-state index in [4.69, 9.17) is 9.47 Å². The quantitative estimate of drug-likeness (QED) is 0.519. The van der Waals surface area contributed by atoms with Gasteiger partial charge in [-0.05, 0) is 18.2 Å². The minimum Gasteiger partial charge on any atom is -0.383 e. The fraction of sp³-hybridized carbons (Fsp3) is 0.500. The van der Waals surface area contributed by atoms with E-state index in [1.807, 2.05) is 0 Å². The van der Waals surface area contributed by atoms with Crippen LogP contribution in [0.3, 0.4) is 0 Å². The Morgan fingerprint density at radius 2 is 1.85 bits per heavy atom. The Morgan fingerprint density at radius 3 is 2.54 bits per heavy atom. The van der Waals surface area contributed by atoms with Crippen molar-refractivity contribution in [3.8, 4) is 0 Å². The normalized spacial score (nSPS) is 15.2. The van der Waals surface area contributed by atoms with Crippen molar-refractivity contribution >= 4 is 21.8 Å². The van der Waals surface area contributed by atoms with Crippen LogP contribution in [-0.2, 0) is 19.5 Å². The molecule has 10 heteroatoms. The molecule has 0 atom stereocenters. The van der Waals surface area contributed by atoms with Crippen LogP contribution in [0.15, 0.2) is 23.1 Å². The molecular formula is C16H23N3O6S. The summed E-state index contributed by atoms with van der Waals surface area (Å²) >= 11 is 0. The molecule has 0 radical (unpaired) electrons. The van der Waals surface area contributed by atoms with E-state index in [0.29, 0.717) is 26.2 Å². The van der Waals surface area contributed by atoms with E-state index in [2.05, 4.69) is 10.6 Å². The minimum atomic E-state index is -3.96. The summed E-state index contributed by atoms with van der Waals surface area (Å²) in [5.74, 6) is -1.01. The molecule has 0 aliphatic carbocycles. The van der Waals surface area contributed by atoms with Gasteiger partial charge in [0.2, 0.25) is 0 Å². The van der Waals surface area contributed by atoms with E-state index in [9.17, 15) is 18.0 Å². The molecule has 2 amide bonds. The number of sulfonamides is 1. The number of rotatable bonds is 10. The topological polar surface area (TPSA) is 114 Å². The van der Waals surface area contributed by atoms with Gasteiger partial charge in [-0.2, -0.15) is 0 Å². The van der Waals surface area contributed by atoms with Gasteiger partial charge in [0.05, 0.1) is 25.3 Å². The predicted molar refractivity (Wildman–Crippen MR) is 93.6 cm³/mol. The zero-order valence-corrected chi connectivity index (χ0v) is 15.6. The highest BCUT2D eigenvalue weighted by Gasteiger charge is 2.41. The third-order valence-corrected chi connectivity index (χ3v) is 5.66. The van der Waals surface area contributed by atoms with Crippen LogP contribution in [0.5, 0.6) is 0 Å². The van der Waals surface area contributed by atoms with E-state index < -0.39 is 21.8 Å². The summed E-state index contributed by atoms with van der Waals surface area (Å²) in [5, 5.41) is 5.78. The molecule has 0 saturated carbocycles. The van der Waals surface area contributed by atoms with Crippen molar-refractivity contribution in [2.75, 3.05) is 53.6 Å². The third kappa shape index (κ3) is 4.39. The van der Waals surface area contributed by atoms with E-state index in [-0.39, 0.29) is 29.2 Å². The van der Waals surface area contributed by atoms with Crippen molar-refractivity contribution in [2.24, 2.45) is 0 Å². The molecule has 2 N–H and O–H groups in total. The van der Waals surface area contributed by atoms with Gasteiger partial charge in [-0.3, -0.25) is 9.59 Å². The molecule has 0 fully saturated rings. The zero-order valence-electron chi connectivity index (χ0n) is 14.8. The highest BCUT2D eigenvalue weighted by molar-refractivity contribution is 7.90. The summed E-state index contributed by atoms with van der Waals surface area (Å²) in [6.45, 7) is 2.21. The molecule has 9 nitrogen and oxygen atoms in total. The van der Waals surface area contributed by atoms with Crippen molar-refractivity contribution in [2.45, 2.75) is 4.90 Å². The maximum atomic E-state index is 12.5. The first kappa shape index (κ1) is 20.3. The largest absolute Gasteiger partial charge is 0.383 e. The lowest BCUT2D eigenvalue weighted by Crippen LogP contribution is -2.33. The summed E-state index contributed by atoms with van der Waals surface area (Å²) in [7, 11) is -0.935. The van der Waals surface area contributed by atoms with E-state index >= 15 is 0 Å². The molecule has 1 aromatic carbocycles. The average Bonchev–Trinajstić information content (AvgIpc) is 2.82. The lowest BCUT2D eigenvalue weighted by atomic mass is 10.1. The van der Waals surface area contributed by atoms with Gasteiger partial charge in [0, 0.05) is 39.4 Å². The van der Waals surface area contributed by atoms with E-state index in [1.54, 1.807) is 7.11 Å². The van der Waals surface area contributed by atoms with Gasteiger partial charge in [-0.15, -0.1) is 0 Å². The summed E-state index contributed by atoms with van der Waals surface area (Å²) < 4.78 is 35.6. The number of carbonyl (C=O) groups is 2. The Kier molecular flexibility index (Phi) is 7.09. The molecule has 1 heterocycles. The molecule has 0 spiro atoms. The molecule has 1 aliphatic heterocycles. The number of amides is 2. The standard InChI is InChI=1S/C16H23N3O6S/c1-24-9-7-17-5-6-18-15(20)12-3-4-13-14(11-12)26(22,23)19(16(13)21)8-10-25-2/h3-4,11,17H,5-10H2,1-2H3,(H,18,20). The summed E-state index contributed by atoms with van der Waals surface area (Å²) in [5.41, 5.74) is 0.254. The molecule has 0 bridgehead atoms. The molecule has 144 valence electrons. The molecule has 0 unspecified atom stereocenters. The number of ether oxygens (including phenoxy) is 2. The number of methoxy groups -OCH3 is 2. The van der Waals surface area contributed by atoms with Gasteiger partial charge in [0.1, 0.15) is 4.90 Å². The molecule has 2 rings (SSSR count). The van der Waals surface area contributed by atoms with Crippen LogP contribution in [-0.4, -0.2) is 78.1 Å². The number of carbonyl (C=O) groups excluding carboxylic acids is 2. The van der Waals surface area contributed by atoms with Crippen LogP contribution in [0.25, 0.3) is 0 Å². The summed E-state index contributed by atoms with van der Waals surface area (Å²) in [4.78, 5) is 24.3. The average molecular weight is 385 g/mol. The van der Waals surface area contributed by atoms with Crippen LogP contribution < -0.4 is 10.6 Å². The van der Waals surface area contributed by atoms with Crippen molar-refractivity contribution in [3.05, 3.63) is 29.3 Å². The van der Waals surface area contributed by atoms with Crippen molar-refractivity contribution in [1.82, 2.24) is 14.9 Å². The second kappa shape index (κ2) is 9.08. The van der Waals surface area contributed by atoms with E-state index in [0.717, 1.165) is 4.31 Å². The zero-order chi connectivity index (χ0) is 19.2.